The lowest BCUT2D eigenvalue weighted by molar-refractivity contribution is 0.341. The highest BCUT2D eigenvalue weighted by molar-refractivity contribution is 6.72. The molecule has 2 aromatic rings. The number of aryl methyl sites for hydroxylation is 1. The summed E-state index contributed by atoms with van der Waals surface area (Å²) in [5, 5.41) is -0.0761. The highest BCUT2D eigenvalue weighted by Crippen LogP contribution is 2.43. The molecule has 0 spiro atoms. The average molecular weight is 430 g/mol. The van der Waals surface area contributed by atoms with E-state index in [1.807, 2.05) is 13.1 Å². The normalized spacial score (nSPS) is 14.6. The van der Waals surface area contributed by atoms with E-state index in [-0.39, 0.29) is 23.5 Å². The van der Waals surface area contributed by atoms with E-state index in [2.05, 4.69) is 62.8 Å². The molecule has 2 unspecified atom stereocenters. The largest absolute Gasteiger partial charge is 0.432 e. The van der Waals surface area contributed by atoms with E-state index in [0.29, 0.717) is 14.0 Å². The van der Waals surface area contributed by atoms with Crippen molar-refractivity contribution in [3.05, 3.63) is 41.9 Å². The molecule has 5 N–H and O–H groups in total. The fourth-order valence-corrected chi connectivity index (χ4v) is 4.58. The number of imidazole rings is 1. The monoisotopic (exact) mass is 430 g/mol. The topological polar surface area (TPSA) is 99.3 Å². The number of benzene rings is 1. The van der Waals surface area contributed by atoms with Crippen molar-refractivity contribution in [2.24, 2.45) is 18.5 Å². The standard InChI is InChI=1S/C22H39BN4O2Si/c1-16(12-22(2,3)30(5,6)28)21-26-20(14-27(21)4)18-9-7-17(8-10-18)11-19(13-24)23-29-15-25/h7-10,14,16,19,23,28H,11-13,15,24-25H2,1-6H3. The summed E-state index contributed by atoms with van der Waals surface area (Å²) in [5.41, 5.74) is 14.6. The molecule has 8 heteroatoms. The Morgan fingerprint density at radius 1 is 1.23 bits per heavy atom. The van der Waals surface area contributed by atoms with Crippen molar-refractivity contribution in [2.45, 2.75) is 63.5 Å². The summed E-state index contributed by atoms with van der Waals surface area (Å²) in [6.45, 7) is 11.4. The van der Waals surface area contributed by atoms with Crippen LogP contribution in [0, 0.1) is 0 Å². The first-order valence-corrected chi connectivity index (χ1v) is 13.8. The predicted molar refractivity (Wildman–Crippen MR) is 129 cm³/mol. The third kappa shape index (κ3) is 6.28. The molecule has 0 aliphatic heterocycles. The van der Waals surface area contributed by atoms with Crippen LogP contribution in [0.3, 0.4) is 0 Å². The van der Waals surface area contributed by atoms with Crippen LogP contribution in [0.5, 0.6) is 0 Å². The highest BCUT2D eigenvalue weighted by atomic mass is 28.4. The molecule has 0 aliphatic carbocycles. The minimum Gasteiger partial charge on any atom is -0.432 e. The van der Waals surface area contributed by atoms with E-state index < -0.39 is 8.32 Å². The zero-order chi connectivity index (χ0) is 22.5. The molecule has 0 radical (unpaired) electrons. The summed E-state index contributed by atoms with van der Waals surface area (Å²) in [6, 6.07) is 8.52. The van der Waals surface area contributed by atoms with Crippen LogP contribution in [0.15, 0.2) is 30.5 Å². The number of rotatable bonds is 11. The zero-order valence-electron chi connectivity index (χ0n) is 19.5. The molecule has 2 atom stereocenters. The number of aromatic nitrogens is 2. The van der Waals surface area contributed by atoms with Gasteiger partial charge in [-0.3, -0.25) is 0 Å². The van der Waals surface area contributed by atoms with Crippen molar-refractivity contribution < 1.29 is 9.45 Å². The van der Waals surface area contributed by atoms with Crippen molar-refractivity contribution in [1.29, 1.82) is 0 Å². The lowest BCUT2D eigenvalue weighted by Crippen LogP contribution is -2.39. The fraction of sp³-hybridized carbons (Fsp3) is 0.591. The lowest BCUT2D eigenvalue weighted by atomic mass is 9.76. The maximum atomic E-state index is 10.6. The highest BCUT2D eigenvalue weighted by Gasteiger charge is 2.39. The van der Waals surface area contributed by atoms with Gasteiger partial charge in [0.15, 0.2) is 8.32 Å². The predicted octanol–water partition coefficient (Wildman–Crippen LogP) is 3.13. The van der Waals surface area contributed by atoms with E-state index >= 15 is 0 Å². The van der Waals surface area contributed by atoms with Crippen molar-refractivity contribution in [3.63, 3.8) is 0 Å². The minimum absolute atomic E-state index is 0.0761. The van der Waals surface area contributed by atoms with Gasteiger partial charge in [0.25, 0.3) is 7.48 Å². The average Bonchev–Trinajstić information content (AvgIpc) is 3.06. The fourth-order valence-electron chi connectivity index (χ4n) is 3.77. The smallest absolute Gasteiger partial charge is 0.281 e. The molecule has 2 rings (SSSR count). The van der Waals surface area contributed by atoms with Gasteiger partial charge in [0.2, 0.25) is 0 Å². The Bertz CT molecular complexity index is 802. The van der Waals surface area contributed by atoms with Crippen LogP contribution in [-0.2, 0) is 18.1 Å². The first-order chi connectivity index (χ1) is 14.0. The summed E-state index contributed by atoms with van der Waals surface area (Å²) in [5.74, 6) is 1.59. The van der Waals surface area contributed by atoms with Gasteiger partial charge in [-0.25, -0.2) is 4.98 Å². The van der Waals surface area contributed by atoms with Gasteiger partial charge in [-0.2, -0.15) is 0 Å². The van der Waals surface area contributed by atoms with Gasteiger partial charge in [0, 0.05) is 24.7 Å². The first-order valence-electron chi connectivity index (χ1n) is 10.8. The summed E-state index contributed by atoms with van der Waals surface area (Å²) < 4.78 is 7.43. The van der Waals surface area contributed by atoms with Crippen LogP contribution in [0.25, 0.3) is 11.3 Å². The Balaban J connectivity index is 2.12. The van der Waals surface area contributed by atoms with Crippen molar-refractivity contribution in [2.75, 3.05) is 13.3 Å². The first kappa shape index (κ1) is 24.8. The Hall–Kier alpha value is -1.45. The summed E-state index contributed by atoms with van der Waals surface area (Å²) in [6.07, 6.45) is 3.88. The van der Waals surface area contributed by atoms with E-state index in [1.54, 1.807) is 0 Å². The Kier molecular flexibility index (Phi) is 8.47. The molecule has 30 heavy (non-hydrogen) atoms. The summed E-state index contributed by atoms with van der Waals surface area (Å²) >= 11 is 0. The maximum Gasteiger partial charge on any atom is 0.281 e. The Morgan fingerprint density at radius 3 is 2.40 bits per heavy atom. The number of hydrogen-bond acceptors (Lipinski definition) is 5. The molecule has 1 heterocycles. The molecule has 0 fully saturated rings. The van der Waals surface area contributed by atoms with Gasteiger partial charge in [0.05, 0.1) is 12.4 Å². The second-order valence-corrected chi connectivity index (χ2v) is 14.2. The van der Waals surface area contributed by atoms with Crippen LogP contribution in [0.4, 0.5) is 0 Å². The molecule has 0 saturated carbocycles. The second-order valence-electron chi connectivity index (χ2n) is 9.68. The number of nitrogens with zero attached hydrogens (tertiary/aromatic N) is 2. The Labute approximate surface area is 183 Å². The van der Waals surface area contributed by atoms with Crippen molar-refractivity contribution in [3.8, 4) is 11.3 Å². The van der Waals surface area contributed by atoms with Gasteiger partial charge in [-0.15, -0.1) is 0 Å². The SMILES string of the molecule is CC(CC(C)(C)[Si](C)(C)O)c1nc(-c2ccc(CC(BOCN)CN)cc2)cn1C. The van der Waals surface area contributed by atoms with Crippen LogP contribution in [0.2, 0.25) is 23.9 Å². The maximum absolute atomic E-state index is 10.6. The molecule has 0 saturated heterocycles. The van der Waals surface area contributed by atoms with Gasteiger partial charge >= 0.3 is 0 Å². The van der Waals surface area contributed by atoms with Gasteiger partial charge < -0.3 is 25.5 Å². The van der Waals surface area contributed by atoms with E-state index in [0.717, 1.165) is 29.9 Å². The molecular weight excluding hydrogens is 391 g/mol. The quantitative estimate of drug-likeness (QED) is 0.376. The number of hydrogen-bond donors (Lipinski definition) is 3. The van der Waals surface area contributed by atoms with Gasteiger partial charge in [-0.1, -0.05) is 45.0 Å². The molecular formula is C22H39BN4O2Si. The molecule has 0 bridgehead atoms. The van der Waals surface area contributed by atoms with Gasteiger partial charge in [-0.05, 0) is 48.9 Å². The third-order valence-electron chi connectivity index (χ3n) is 6.40. The van der Waals surface area contributed by atoms with Crippen LogP contribution >= 0.6 is 0 Å². The molecule has 1 aromatic carbocycles. The van der Waals surface area contributed by atoms with Crippen LogP contribution in [0.1, 0.15) is 44.5 Å². The second kappa shape index (κ2) is 10.2. The molecule has 0 aliphatic rings. The van der Waals surface area contributed by atoms with E-state index in [4.69, 9.17) is 21.1 Å². The molecule has 1 aromatic heterocycles. The van der Waals surface area contributed by atoms with Gasteiger partial charge in [0.1, 0.15) is 5.82 Å². The third-order valence-corrected chi connectivity index (χ3v) is 9.92. The summed E-state index contributed by atoms with van der Waals surface area (Å²) in [7, 11) is 0.385. The lowest BCUT2D eigenvalue weighted by Gasteiger charge is -2.36. The van der Waals surface area contributed by atoms with Crippen LogP contribution < -0.4 is 11.5 Å². The van der Waals surface area contributed by atoms with E-state index in [1.165, 1.54) is 5.56 Å². The molecule has 0 amide bonds. The minimum atomic E-state index is -2.25. The number of nitrogens with two attached hydrogens (primary N) is 2. The van der Waals surface area contributed by atoms with Crippen molar-refractivity contribution in [1.82, 2.24) is 9.55 Å². The Morgan fingerprint density at radius 2 is 1.87 bits per heavy atom. The molecule has 6 nitrogen and oxygen atoms in total. The zero-order valence-corrected chi connectivity index (χ0v) is 20.5. The van der Waals surface area contributed by atoms with Crippen LogP contribution in [-0.4, -0.2) is 43.4 Å². The van der Waals surface area contributed by atoms with E-state index in [9.17, 15) is 4.80 Å². The summed E-state index contributed by atoms with van der Waals surface area (Å²) in [4.78, 5) is 15.6. The molecule has 166 valence electrons. The van der Waals surface area contributed by atoms with Crippen molar-refractivity contribution >= 4 is 15.8 Å².